The molecule has 0 fully saturated rings. The van der Waals surface area contributed by atoms with Gasteiger partial charge in [-0.05, 0) is 30.7 Å². The molecular formula is C20H18N6O3. The first kappa shape index (κ1) is 18.4. The van der Waals surface area contributed by atoms with Gasteiger partial charge in [0.15, 0.2) is 0 Å². The lowest BCUT2D eigenvalue weighted by atomic mass is 10.1. The minimum atomic E-state index is -0.389. The van der Waals surface area contributed by atoms with Crippen LogP contribution in [-0.4, -0.2) is 38.8 Å². The number of H-pyrrole nitrogens is 2. The molecule has 0 saturated heterocycles. The number of carbonyl (C=O) groups is 2. The van der Waals surface area contributed by atoms with Crippen molar-refractivity contribution in [3.63, 3.8) is 0 Å². The van der Waals surface area contributed by atoms with Crippen molar-refractivity contribution in [2.24, 2.45) is 0 Å². The number of amides is 2. The van der Waals surface area contributed by atoms with Crippen LogP contribution >= 0.6 is 0 Å². The smallest absolute Gasteiger partial charge is 0.275 e. The zero-order valence-electron chi connectivity index (χ0n) is 15.8. The lowest BCUT2D eigenvalue weighted by Crippen LogP contribution is -2.20. The summed E-state index contributed by atoms with van der Waals surface area (Å²) in [6.45, 7) is 1.79. The van der Waals surface area contributed by atoms with Crippen molar-refractivity contribution in [2.45, 2.75) is 13.3 Å². The fourth-order valence-electron chi connectivity index (χ4n) is 3.18. The first-order valence-electron chi connectivity index (χ1n) is 8.93. The van der Waals surface area contributed by atoms with Crippen molar-refractivity contribution in [3.8, 4) is 0 Å². The maximum Gasteiger partial charge on any atom is 0.275 e. The van der Waals surface area contributed by atoms with Gasteiger partial charge in [-0.3, -0.25) is 19.4 Å². The van der Waals surface area contributed by atoms with E-state index in [1.165, 1.54) is 12.4 Å². The van der Waals surface area contributed by atoms with E-state index in [0.29, 0.717) is 22.2 Å². The average Bonchev–Trinajstić information content (AvgIpc) is 3.10. The van der Waals surface area contributed by atoms with Gasteiger partial charge in [-0.15, -0.1) is 0 Å². The summed E-state index contributed by atoms with van der Waals surface area (Å²) in [5, 5.41) is 6.76. The number of likely N-dealkylation sites (N-methyl/N-ethyl adjacent to an activating group) is 1. The zero-order valence-corrected chi connectivity index (χ0v) is 15.8. The van der Waals surface area contributed by atoms with Crippen molar-refractivity contribution in [1.82, 2.24) is 25.3 Å². The number of benzene rings is 1. The van der Waals surface area contributed by atoms with Crippen molar-refractivity contribution in [2.75, 3.05) is 12.4 Å². The number of pyridine rings is 1. The molecule has 3 heterocycles. The highest BCUT2D eigenvalue weighted by Crippen LogP contribution is 2.29. The summed E-state index contributed by atoms with van der Waals surface area (Å²) in [6.07, 6.45) is 4.59. The van der Waals surface area contributed by atoms with Crippen LogP contribution in [0.4, 0.5) is 5.69 Å². The van der Waals surface area contributed by atoms with Crippen LogP contribution in [0.2, 0.25) is 0 Å². The Labute approximate surface area is 164 Å². The second kappa shape index (κ2) is 7.19. The Bertz CT molecular complexity index is 1300. The molecule has 146 valence electrons. The first-order valence-corrected chi connectivity index (χ1v) is 8.93. The third-order valence-electron chi connectivity index (χ3n) is 4.63. The number of fused-ring (bicyclic) bond motifs is 3. The monoisotopic (exact) mass is 390 g/mol. The number of nitrogens with one attached hydrogen (secondary N) is 4. The molecule has 4 rings (SSSR count). The molecule has 9 heteroatoms. The van der Waals surface area contributed by atoms with E-state index in [1.807, 2.05) is 0 Å². The van der Waals surface area contributed by atoms with E-state index in [1.54, 1.807) is 38.4 Å². The minimum absolute atomic E-state index is 0.117. The number of nitrogens with zero attached hydrogens (tertiary/aromatic N) is 2. The molecule has 0 spiro atoms. The maximum absolute atomic E-state index is 12.4. The second-order valence-corrected chi connectivity index (χ2v) is 6.63. The van der Waals surface area contributed by atoms with Gasteiger partial charge in [0.05, 0.1) is 18.3 Å². The summed E-state index contributed by atoms with van der Waals surface area (Å²) in [5.74, 6) is -0.560. The van der Waals surface area contributed by atoms with Crippen LogP contribution in [0.3, 0.4) is 0 Å². The quantitative estimate of drug-likeness (QED) is 0.421. The molecule has 29 heavy (non-hydrogen) atoms. The Morgan fingerprint density at radius 3 is 2.72 bits per heavy atom. The van der Waals surface area contributed by atoms with Gasteiger partial charge in [-0.2, -0.15) is 0 Å². The highest BCUT2D eigenvalue weighted by molar-refractivity contribution is 6.11. The number of hydrogen-bond donors (Lipinski definition) is 4. The van der Waals surface area contributed by atoms with E-state index in [0.717, 1.165) is 16.6 Å². The molecule has 4 N–H and O–H groups in total. The lowest BCUT2D eigenvalue weighted by Gasteiger charge is -2.06. The van der Waals surface area contributed by atoms with Crippen molar-refractivity contribution in [1.29, 1.82) is 0 Å². The van der Waals surface area contributed by atoms with Gasteiger partial charge in [0.2, 0.25) is 5.91 Å². The minimum Gasteiger partial charge on any atom is -0.359 e. The largest absolute Gasteiger partial charge is 0.359 e. The molecule has 0 radical (unpaired) electrons. The van der Waals surface area contributed by atoms with Gasteiger partial charge in [0.25, 0.3) is 11.5 Å². The Hall–Kier alpha value is -4.01. The third-order valence-corrected chi connectivity index (χ3v) is 4.63. The van der Waals surface area contributed by atoms with Crippen molar-refractivity contribution < 1.29 is 9.59 Å². The first-order chi connectivity index (χ1) is 14.0. The molecule has 0 saturated carbocycles. The molecule has 1 aromatic carbocycles. The van der Waals surface area contributed by atoms with E-state index < -0.39 is 0 Å². The fraction of sp³-hybridized carbons (Fsp3) is 0.150. The summed E-state index contributed by atoms with van der Waals surface area (Å²) >= 11 is 0. The summed E-state index contributed by atoms with van der Waals surface area (Å²) in [7, 11) is 1.56. The van der Waals surface area contributed by atoms with Crippen molar-refractivity contribution >= 4 is 39.3 Å². The standard InChI is InChI=1S/C20H18N6O3/c1-10-7-23-15(9-22-10)19(28)25-12-3-4-14-13(6-12)17-11(5-16(27)21-2)8-24-20(29)18(17)26-14/h3-4,6-9,26H,5H2,1-2H3,(H,21,27)(H,24,29)(H,25,28). The van der Waals surface area contributed by atoms with Crippen LogP contribution in [0.5, 0.6) is 0 Å². The van der Waals surface area contributed by atoms with Crippen LogP contribution in [0.25, 0.3) is 21.8 Å². The van der Waals surface area contributed by atoms with Crippen LogP contribution < -0.4 is 16.2 Å². The molecular weight excluding hydrogens is 372 g/mol. The van der Waals surface area contributed by atoms with E-state index in [4.69, 9.17) is 0 Å². The molecule has 0 aliphatic carbocycles. The Morgan fingerprint density at radius 2 is 2.00 bits per heavy atom. The predicted molar refractivity (Wildman–Crippen MR) is 109 cm³/mol. The van der Waals surface area contributed by atoms with E-state index in [-0.39, 0.29) is 29.5 Å². The predicted octanol–water partition coefficient (Wildman–Crippen LogP) is 1.65. The number of carbonyl (C=O) groups excluding carboxylic acids is 2. The van der Waals surface area contributed by atoms with Crippen LogP contribution in [0, 0.1) is 6.92 Å². The molecule has 9 nitrogen and oxygen atoms in total. The topological polar surface area (TPSA) is 133 Å². The number of rotatable bonds is 4. The summed E-state index contributed by atoms with van der Waals surface area (Å²) < 4.78 is 0. The van der Waals surface area contributed by atoms with E-state index in [9.17, 15) is 14.4 Å². The second-order valence-electron chi connectivity index (χ2n) is 6.63. The number of anilines is 1. The fourth-order valence-corrected chi connectivity index (χ4v) is 3.18. The number of aryl methyl sites for hydroxylation is 1. The van der Waals surface area contributed by atoms with Gasteiger partial charge >= 0.3 is 0 Å². The molecule has 0 atom stereocenters. The average molecular weight is 390 g/mol. The SMILES string of the molecule is CNC(=O)Cc1c[nH]c(=O)c2[nH]c3ccc(NC(=O)c4cnc(C)cn4)cc3c12. The zero-order chi connectivity index (χ0) is 20.5. The highest BCUT2D eigenvalue weighted by atomic mass is 16.2. The van der Waals surface area contributed by atoms with E-state index in [2.05, 4.69) is 30.6 Å². The van der Waals surface area contributed by atoms with Gasteiger partial charge in [0.1, 0.15) is 11.2 Å². The molecule has 0 aliphatic rings. The molecule has 4 aromatic rings. The van der Waals surface area contributed by atoms with Gasteiger partial charge in [-0.25, -0.2) is 4.98 Å². The molecule has 0 bridgehead atoms. The normalized spacial score (nSPS) is 11.0. The number of aromatic amines is 2. The molecule has 3 aromatic heterocycles. The lowest BCUT2D eigenvalue weighted by molar-refractivity contribution is -0.119. The molecule has 0 unspecified atom stereocenters. The summed E-state index contributed by atoms with van der Waals surface area (Å²) in [4.78, 5) is 50.5. The number of aromatic nitrogens is 4. The third kappa shape index (κ3) is 3.45. The number of hydrogen-bond acceptors (Lipinski definition) is 5. The summed E-state index contributed by atoms with van der Waals surface area (Å²) in [6, 6.07) is 5.26. The van der Waals surface area contributed by atoms with Gasteiger partial charge in [-0.1, -0.05) is 0 Å². The van der Waals surface area contributed by atoms with Gasteiger partial charge < -0.3 is 20.6 Å². The Kier molecular flexibility index (Phi) is 4.55. The van der Waals surface area contributed by atoms with Crippen LogP contribution in [-0.2, 0) is 11.2 Å². The molecule has 2 amide bonds. The molecule has 0 aliphatic heterocycles. The van der Waals surface area contributed by atoms with E-state index >= 15 is 0 Å². The Morgan fingerprint density at radius 1 is 1.17 bits per heavy atom. The maximum atomic E-state index is 12.4. The highest BCUT2D eigenvalue weighted by Gasteiger charge is 2.15. The summed E-state index contributed by atoms with van der Waals surface area (Å²) in [5.41, 5.74) is 2.96. The van der Waals surface area contributed by atoms with Crippen LogP contribution in [0.1, 0.15) is 21.7 Å². The van der Waals surface area contributed by atoms with Crippen LogP contribution in [0.15, 0.2) is 41.6 Å². The van der Waals surface area contributed by atoms with Crippen molar-refractivity contribution in [3.05, 3.63) is 64.1 Å². The Balaban J connectivity index is 1.78. The van der Waals surface area contributed by atoms with Gasteiger partial charge in [0, 0.05) is 41.4 Å².